The lowest BCUT2D eigenvalue weighted by Crippen LogP contribution is -2.22. The summed E-state index contributed by atoms with van der Waals surface area (Å²) in [7, 11) is -3.97. The lowest BCUT2D eigenvalue weighted by Gasteiger charge is -2.15. The Morgan fingerprint density at radius 3 is 2.91 bits per heavy atom. The predicted molar refractivity (Wildman–Crippen MR) is 122 cm³/mol. The highest BCUT2D eigenvalue weighted by Gasteiger charge is 2.28. The standard InChI is InChI=1S/C22H25FN6O4S/c1-14-2-3-15(9-19(14)23)11-29-7-6-20(28-29)21(30)18-10-25-13-26-22(18)27-17-5-4-16(8-17)12-33-34(24,31)32/h2-3,6-7,9-10,13,16-17H,4-5,8,11-12H2,1H3,(H2,24,31,32)(H,25,26,27). The number of nitrogens with two attached hydrogens (primary N) is 1. The van der Waals surface area contributed by atoms with Crippen molar-refractivity contribution in [3.8, 4) is 0 Å². The average Bonchev–Trinajstić information content (AvgIpc) is 3.44. The summed E-state index contributed by atoms with van der Waals surface area (Å²) in [4.78, 5) is 21.3. The van der Waals surface area contributed by atoms with Crippen molar-refractivity contribution >= 4 is 21.9 Å². The molecule has 1 saturated carbocycles. The molecule has 1 aromatic carbocycles. The molecule has 0 bridgehead atoms. The lowest BCUT2D eigenvalue weighted by molar-refractivity contribution is 0.103. The number of carbonyl (C=O) groups excluding carboxylic acids is 1. The Labute approximate surface area is 196 Å². The first-order valence-electron chi connectivity index (χ1n) is 10.7. The number of nitrogens with zero attached hydrogens (tertiary/aromatic N) is 4. The van der Waals surface area contributed by atoms with E-state index in [9.17, 15) is 17.6 Å². The summed E-state index contributed by atoms with van der Waals surface area (Å²) >= 11 is 0. The molecule has 0 spiro atoms. The van der Waals surface area contributed by atoms with Crippen LogP contribution < -0.4 is 10.5 Å². The zero-order valence-corrected chi connectivity index (χ0v) is 19.3. The number of rotatable bonds is 9. The van der Waals surface area contributed by atoms with Crippen molar-refractivity contribution in [1.82, 2.24) is 19.7 Å². The highest BCUT2D eigenvalue weighted by atomic mass is 32.2. The number of hydrogen-bond donors (Lipinski definition) is 2. The van der Waals surface area contributed by atoms with Crippen LogP contribution in [0.3, 0.4) is 0 Å². The van der Waals surface area contributed by atoms with Gasteiger partial charge in [0.2, 0.25) is 5.78 Å². The Balaban J connectivity index is 1.42. The molecule has 3 N–H and O–H groups in total. The highest BCUT2D eigenvalue weighted by Crippen LogP contribution is 2.29. The van der Waals surface area contributed by atoms with Gasteiger partial charge in [-0.1, -0.05) is 12.1 Å². The summed E-state index contributed by atoms with van der Waals surface area (Å²) in [5, 5.41) is 12.5. The molecule has 12 heteroatoms. The molecule has 2 aromatic heterocycles. The number of aryl methyl sites for hydroxylation is 1. The van der Waals surface area contributed by atoms with Crippen LogP contribution in [0.15, 0.2) is 43.0 Å². The molecular formula is C22H25FN6O4S. The molecule has 34 heavy (non-hydrogen) atoms. The fraction of sp³-hybridized carbons (Fsp3) is 0.364. The summed E-state index contributed by atoms with van der Waals surface area (Å²) in [5.41, 5.74) is 1.79. The number of anilines is 1. The first-order valence-corrected chi connectivity index (χ1v) is 12.2. The van der Waals surface area contributed by atoms with Gasteiger partial charge in [0.15, 0.2) is 0 Å². The summed E-state index contributed by atoms with van der Waals surface area (Å²) in [6.07, 6.45) is 6.61. The number of ketones is 1. The van der Waals surface area contributed by atoms with E-state index in [1.807, 2.05) is 6.07 Å². The monoisotopic (exact) mass is 488 g/mol. The minimum Gasteiger partial charge on any atom is -0.367 e. The third kappa shape index (κ3) is 6.01. The summed E-state index contributed by atoms with van der Waals surface area (Å²) in [6.45, 7) is 2.04. The second-order valence-corrected chi connectivity index (χ2v) is 9.62. The third-order valence-electron chi connectivity index (χ3n) is 5.76. The van der Waals surface area contributed by atoms with Crippen LogP contribution in [0.1, 0.15) is 46.4 Å². The second kappa shape index (κ2) is 9.95. The summed E-state index contributed by atoms with van der Waals surface area (Å²) < 4.78 is 42.1. The molecule has 0 saturated heterocycles. The Hall–Kier alpha value is -3.22. The summed E-state index contributed by atoms with van der Waals surface area (Å²) in [6, 6.07) is 6.56. The number of hydrogen-bond acceptors (Lipinski definition) is 8. The van der Waals surface area contributed by atoms with E-state index >= 15 is 0 Å². The number of benzene rings is 1. The molecule has 1 aliphatic rings. The van der Waals surface area contributed by atoms with Crippen molar-refractivity contribution < 1.29 is 21.8 Å². The fourth-order valence-electron chi connectivity index (χ4n) is 3.98. The first-order chi connectivity index (χ1) is 16.2. The molecule has 0 amide bonds. The molecule has 10 nitrogen and oxygen atoms in total. The van der Waals surface area contributed by atoms with Crippen LogP contribution in [0.4, 0.5) is 10.2 Å². The van der Waals surface area contributed by atoms with Crippen LogP contribution >= 0.6 is 0 Å². The predicted octanol–water partition coefficient (Wildman–Crippen LogP) is 2.20. The number of halogens is 1. The largest absolute Gasteiger partial charge is 0.367 e. The van der Waals surface area contributed by atoms with Crippen molar-refractivity contribution in [2.24, 2.45) is 11.1 Å². The van der Waals surface area contributed by atoms with Crippen molar-refractivity contribution in [3.05, 3.63) is 71.2 Å². The molecule has 4 rings (SSSR count). The summed E-state index contributed by atoms with van der Waals surface area (Å²) in [5.74, 6) is -0.222. The SMILES string of the molecule is Cc1ccc(Cn2ccc(C(=O)c3cncnc3NC3CCC(COS(N)(=O)=O)C3)n2)cc1F. The topological polar surface area (TPSA) is 142 Å². The quantitative estimate of drug-likeness (QED) is 0.437. The van der Waals surface area contributed by atoms with Gasteiger partial charge >= 0.3 is 10.3 Å². The molecule has 0 aliphatic heterocycles. The molecule has 180 valence electrons. The van der Waals surface area contributed by atoms with E-state index in [4.69, 9.17) is 9.32 Å². The minimum absolute atomic E-state index is 0.00970. The lowest BCUT2D eigenvalue weighted by atomic mass is 10.1. The van der Waals surface area contributed by atoms with Gasteiger partial charge < -0.3 is 5.32 Å². The van der Waals surface area contributed by atoms with Gasteiger partial charge in [-0.05, 0) is 55.4 Å². The molecule has 0 radical (unpaired) electrons. The van der Waals surface area contributed by atoms with Gasteiger partial charge in [0.1, 0.15) is 23.7 Å². The second-order valence-electron chi connectivity index (χ2n) is 8.39. The minimum atomic E-state index is -3.97. The van der Waals surface area contributed by atoms with Crippen LogP contribution in [0.5, 0.6) is 0 Å². The van der Waals surface area contributed by atoms with Crippen LogP contribution in [0, 0.1) is 18.7 Å². The van der Waals surface area contributed by atoms with Crippen LogP contribution in [-0.2, 0) is 21.0 Å². The maximum absolute atomic E-state index is 13.8. The van der Waals surface area contributed by atoms with Gasteiger partial charge in [-0.2, -0.15) is 13.5 Å². The molecule has 2 atom stereocenters. The number of nitrogens with one attached hydrogen (secondary N) is 1. The smallest absolute Gasteiger partial charge is 0.333 e. The van der Waals surface area contributed by atoms with E-state index in [-0.39, 0.29) is 41.4 Å². The van der Waals surface area contributed by atoms with E-state index in [1.165, 1.54) is 18.6 Å². The first kappa shape index (κ1) is 23.9. The Bertz CT molecular complexity index is 1300. The normalized spacial score (nSPS) is 18.2. The molecule has 1 aliphatic carbocycles. The van der Waals surface area contributed by atoms with E-state index < -0.39 is 10.3 Å². The third-order valence-corrected chi connectivity index (χ3v) is 6.23. The van der Waals surface area contributed by atoms with Crippen molar-refractivity contribution in [2.45, 2.75) is 38.8 Å². The maximum atomic E-state index is 13.8. The van der Waals surface area contributed by atoms with Gasteiger partial charge in [-0.3, -0.25) is 13.7 Å². The fourth-order valence-corrected chi connectivity index (χ4v) is 4.37. The zero-order chi connectivity index (χ0) is 24.3. The van der Waals surface area contributed by atoms with Gasteiger partial charge in [-0.25, -0.2) is 19.5 Å². The van der Waals surface area contributed by atoms with Crippen molar-refractivity contribution in [3.63, 3.8) is 0 Å². The van der Waals surface area contributed by atoms with E-state index in [1.54, 1.807) is 29.9 Å². The van der Waals surface area contributed by atoms with Gasteiger partial charge in [0.05, 0.1) is 18.7 Å². The van der Waals surface area contributed by atoms with Crippen LogP contribution in [0.2, 0.25) is 0 Å². The van der Waals surface area contributed by atoms with Crippen molar-refractivity contribution in [1.29, 1.82) is 0 Å². The van der Waals surface area contributed by atoms with Crippen LogP contribution in [0.25, 0.3) is 0 Å². The molecule has 1 fully saturated rings. The maximum Gasteiger partial charge on any atom is 0.333 e. The van der Waals surface area contributed by atoms with Crippen LogP contribution in [-0.4, -0.2) is 46.6 Å². The van der Waals surface area contributed by atoms with Gasteiger partial charge in [-0.15, -0.1) is 0 Å². The Morgan fingerprint density at radius 2 is 2.15 bits per heavy atom. The zero-order valence-electron chi connectivity index (χ0n) is 18.5. The molecule has 3 aromatic rings. The van der Waals surface area contributed by atoms with E-state index in [2.05, 4.69) is 20.4 Å². The Morgan fingerprint density at radius 1 is 1.32 bits per heavy atom. The van der Waals surface area contributed by atoms with Gasteiger partial charge in [0.25, 0.3) is 0 Å². The molecule has 2 unspecified atom stereocenters. The van der Waals surface area contributed by atoms with E-state index in [0.29, 0.717) is 24.3 Å². The Kier molecular flexibility index (Phi) is 7.00. The average molecular weight is 489 g/mol. The number of carbonyl (C=O) groups is 1. The van der Waals surface area contributed by atoms with E-state index in [0.717, 1.165) is 18.4 Å². The highest BCUT2D eigenvalue weighted by molar-refractivity contribution is 7.84. The molecular weight excluding hydrogens is 463 g/mol. The van der Waals surface area contributed by atoms with Gasteiger partial charge in [0, 0.05) is 18.4 Å². The number of aromatic nitrogens is 4. The molecule has 2 heterocycles. The van der Waals surface area contributed by atoms with Crippen molar-refractivity contribution in [2.75, 3.05) is 11.9 Å².